The first kappa shape index (κ1) is 14.5. The number of hydrogen-bond acceptors (Lipinski definition) is 4. The fraction of sp³-hybridized carbons (Fsp3) is 0.312. The third kappa shape index (κ3) is 2.65. The second kappa shape index (κ2) is 5.73. The molecule has 2 heterocycles. The molecule has 6 nitrogen and oxygen atoms in total. The third-order valence-electron chi connectivity index (χ3n) is 4.00. The van der Waals surface area contributed by atoms with Gasteiger partial charge in [0.25, 0.3) is 5.91 Å². The first-order valence-electron chi connectivity index (χ1n) is 7.18. The zero-order valence-corrected chi connectivity index (χ0v) is 12.0. The molecule has 4 N–H and O–H groups in total. The molecule has 0 saturated carbocycles. The summed E-state index contributed by atoms with van der Waals surface area (Å²) in [7, 11) is 0. The van der Waals surface area contributed by atoms with Crippen molar-refractivity contribution in [2.45, 2.75) is 18.8 Å². The van der Waals surface area contributed by atoms with E-state index in [1.165, 1.54) is 0 Å². The molecular weight excluding hydrogens is 282 g/mol. The Morgan fingerprint density at radius 3 is 2.45 bits per heavy atom. The molecule has 0 unspecified atom stereocenters. The van der Waals surface area contributed by atoms with Gasteiger partial charge in [0.1, 0.15) is 0 Å². The number of fused-ring (bicyclic) bond motifs is 1. The Morgan fingerprint density at radius 1 is 1.09 bits per heavy atom. The van der Waals surface area contributed by atoms with Crippen LogP contribution in [0.25, 0.3) is 10.9 Å². The number of nitrogens with two attached hydrogens (primary N) is 2. The van der Waals surface area contributed by atoms with Crippen LogP contribution >= 0.6 is 0 Å². The third-order valence-corrected chi connectivity index (χ3v) is 4.00. The van der Waals surface area contributed by atoms with Gasteiger partial charge in [0.2, 0.25) is 5.91 Å². The molecule has 1 aliphatic heterocycles. The van der Waals surface area contributed by atoms with Crippen LogP contribution < -0.4 is 11.5 Å². The van der Waals surface area contributed by atoms with Crippen LogP contribution in [0.4, 0.5) is 0 Å². The van der Waals surface area contributed by atoms with Gasteiger partial charge in [0, 0.05) is 30.1 Å². The summed E-state index contributed by atoms with van der Waals surface area (Å²) in [6, 6.07) is 6.70. The molecule has 1 fully saturated rings. The molecule has 1 aliphatic rings. The van der Waals surface area contributed by atoms with E-state index >= 15 is 0 Å². The monoisotopic (exact) mass is 299 g/mol. The van der Waals surface area contributed by atoms with Crippen LogP contribution in [0.5, 0.6) is 0 Å². The van der Waals surface area contributed by atoms with Crippen LogP contribution in [0, 0.1) is 0 Å². The van der Waals surface area contributed by atoms with E-state index in [0.29, 0.717) is 29.7 Å². The predicted molar refractivity (Wildman–Crippen MR) is 81.6 cm³/mol. The maximum Gasteiger partial charge on any atom is 0.250 e. The van der Waals surface area contributed by atoms with Gasteiger partial charge in [-0.25, -0.2) is 0 Å². The van der Waals surface area contributed by atoms with Gasteiger partial charge < -0.3 is 16.2 Å². The number of aromatic nitrogens is 1. The van der Waals surface area contributed by atoms with Gasteiger partial charge in [-0.15, -0.1) is 0 Å². The Labute approximate surface area is 127 Å². The number of carbonyl (C=O) groups is 2. The normalized spacial score (nSPS) is 15.8. The summed E-state index contributed by atoms with van der Waals surface area (Å²) in [4.78, 5) is 27.7. The average Bonchev–Trinajstić information content (AvgIpc) is 2.53. The second-order valence-corrected chi connectivity index (χ2v) is 5.44. The van der Waals surface area contributed by atoms with E-state index in [-0.39, 0.29) is 5.92 Å². The molecule has 2 amide bonds. The summed E-state index contributed by atoms with van der Waals surface area (Å²) in [5.41, 5.74) is 13.0. The van der Waals surface area contributed by atoms with E-state index in [1.54, 1.807) is 24.3 Å². The molecule has 3 rings (SSSR count). The van der Waals surface area contributed by atoms with E-state index in [2.05, 4.69) is 4.98 Å². The van der Waals surface area contributed by atoms with E-state index in [9.17, 15) is 9.59 Å². The van der Waals surface area contributed by atoms with Crippen molar-refractivity contribution in [3.05, 3.63) is 41.1 Å². The van der Waals surface area contributed by atoms with Crippen LogP contribution in [-0.4, -0.2) is 30.0 Å². The van der Waals surface area contributed by atoms with E-state index in [1.807, 2.05) is 0 Å². The highest BCUT2D eigenvalue weighted by Crippen LogP contribution is 2.30. The summed E-state index contributed by atoms with van der Waals surface area (Å²) < 4.78 is 5.36. The lowest BCUT2D eigenvalue weighted by atomic mass is 9.91. The van der Waals surface area contributed by atoms with Crippen LogP contribution in [0.15, 0.2) is 24.3 Å². The number of ether oxygens (including phenoxy) is 1. The Hall–Kier alpha value is -2.47. The zero-order chi connectivity index (χ0) is 15.7. The number of carbonyl (C=O) groups excluding carboxylic acids is 2. The minimum absolute atomic E-state index is 0.163. The molecule has 1 saturated heterocycles. The van der Waals surface area contributed by atoms with E-state index < -0.39 is 11.8 Å². The fourth-order valence-corrected chi connectivity index (χ4v) is 2.82. The van der Waals surface area contributed by atoms with Gasteiger partial charge in [-0.3, -0.25) is 14.6 Å². The van der Waals surface area contributed by atoms with Crippen molar-refractivity contribution < 1.29 is 14.3 Å². The molecular formula is C16H17N3O3. The topological polar surface area (TPSA) is 108 Å². The minimum Gasteiger partial charge on any atom is -0.381 e. The maximum absolute atomic E-state index is 11.8. The number of primary amides is 2. The fourth-order valence-electron chi connectivity index (χ4n) is 2.82. The lowest BCUT2D eigenvalue weighted by Crippen LogP contribution is -2.21. The molecule has 2 aromatic rings. The number of benzene rings is 1. The average molecular weight is 299 g/mol. The number of nitrogens with zero attached hydrogens (tertiary/aromatic N) is 1. The molecule has 0 atom stereocenters. The quantitative estimate of drug-likeness (QED) is 0.891. The summed E-state index contributed by atoms with van der Waals surface area (Å²) in [6.07, 6.45) is 1.64. The van der Waals surface area contributed by atoms with Gasteiger partial charge in [-0.05, 0) is 37.1 Å². The Balaban J connectivity index is 2.14. The minimum atomic E-state index is -0.518. The Bertz CT molecular complexity index is 752. The highest BCUT2D eigenvalue weighted by Gasteiger charge is 2.23. The second-order valence-electron chi connectivity index (χ2n) is 5.44. The highest BCUT2D eigenvalue weighted by atomic mass is 16.5. The summed E-state index contributed by atoms with van der Waals surface area (Å²) >= 11 is 0. The van der Waals surface area contributed by atoms with Crippen molar-refractivity contribution in [2.24, 2.45) is 11.5 Å². The largest absolute Gasteiger partial charge is 0.381 e. The number of rotatable bonds is 3. The predicted octanol–water partition coefficient (Wildman–Crippen LogP) is 1.33. The van der Waals surface area contributed by atoms with Gasteiger partial charge in [0.15, 0.2) is 0 Å². The summed E-state index contributed by atoms with van der Waals surface area (Å²) in [6.45, 7) is 1.31. The molecule has 0 aliphatic carbocycles. The molecule has 1 aromatic carbocycles. The molecule has 114 valence electrons. The summed E-state index contributed by atoms with van der Waals surface area (Å²) in [5, 5.41) is 0.681. The molecule has 22 heavy (non-hydrogen) atoms. The number of pyridine rings is 1. The van der Waals surface area contributed by atoms with Crippen LogP contribution in [-0.2, 0) is 4.74 Å². The van der Waals surface area contributed by atoms with Crippen molar-refractivity contribution in [3.63, 3.8) is 0 Å². The lowest BCUT2D eigenvalue weighted by molar-refractivity contribution is 0.0837. The van der Waals surface area contributed by atoms with Crippen LogP contribution in [0.1, 0.15) is 45.2 Å². The standard InChI is InChI=1S/C16H17N3O3/c17-15(20)10-1-2-13-11(7-10)8-12(16(18)21)14(19-13)9-3-5-22-6-4-9/h1-2,7-9H,3-6H2,(H2,17,20)(H2,18,21). The Kier molecular flexibility index (Phi) is 3.77. The highest BCUT2D eigenvalue weighted by molar-refractivity contribution is 6.00. The SMILES string of the molecule is NC(=O)c1ccc2nc(C3CCOCC3)c(C(N)=O)cc2c1. The van der Waals surface area contributed by atoms with Gasteiger partial charge >= 0.3 is 0 Å². The van der Waals surface area contributed by atoms with Crippen molar-refractivity contribution in [2.75, 3.05) is 13.2 Å². The van der Waals surface area contributed by atoms with Crippen molar-refractivity contribution in [3.8, 4) is 0 Å². The van der Waals surface area contributed by atoms with Gasteiger partial charge in [0.05, 0.1) is 16.8 Å². The lowest BCUT2D eigenvalue weighted by Gasteiger charge is -2.23. The van der Waals surface area contributed by atoms with E-state index in [4.69, 9.17) is 16.2 Å². The molecule has 0 radical (unpaired) electrons. The van der Waals surface area contributed by atoms with Crippen LogP contribution in [0.3, 0.4) is 0 Å². The van der Waals surface area contributed by atoms with E-state index in [0.717, 1.165) is 24.1 Å². The smallest absolute Gasteiger partial charge is 0.250 e. The molecule has 0 bridgehead atoms. The number of amides is 2. The maximum atomic E-state index is 11.8. The van der Waals surface area contributed by atoms with Crippen molar-refractivity contribution in [1.29, 1.82) is 0 Å². The van der Waals surface area contributed by atoms with Gasteiger partial charge in [-0.2, -0.15) is 0 Å². The molecule has 0 spiro atoms. The molecule has 1 aromatic heterocycles. The first-order chi connectivity index (χ1) is 10.6. The van der Waals surface area contributed by atoms with Crippen LogP contribution in [0.2, 0.25) is 0 Å². The van der Waals surface area contributed by atoms with Crippen molar-refractivity contribution in [1.82, 2.24) is 4.98 Å². The summed E-state index contributed by atoms with van der Waals surface area (Å²) in [5.74, 6) is -0.868. The zero-order valence-electron chi connectivity index (χ0n) is 12.0. The number of hydrogen-bond donors (Lipinski definition) is 2. The first-order valence-corrected chi connectivity index (χ1v) is 7.18. The molecule has 6 heteroatoms. The van der Waals surface area contributed by atoms with Gasteiger partial charge in [-0.1, -0.05) is 0 Å². The van der Waals surface area contributed by atoms with Crippen molar-refractivity contribution >= 4 is 22.7 Å². The Morgan fingerprint density at radius 2 is 1.82 bits per heavy atom.